The lowest BCUT2D eigenvalue weighted by atomic mass is 10.1. The molecule has 1 aliphatic rings. The van der Waals surface area contributed by atoms with Crippen molar-refractivity contribution in [2.75, 3.05) is 38.2 Å². The third-order valence-electron chi connectivity index (χ3n) is 5.48. The number of rotatable bonds is 6. The van der Waals surface area contributed by atoms with Crippen molar-refractivity contribution in [2.24, 2.45) is 0 Å². The van der Waals surface area contributed by atoms with Crippen molar-refractivity contribution in [3.05, 3.63) is 66.5 Å². The van der Waals surface area contributed by atoms with Gasteiger partial charge in [0.15, 0.2) is 5.65 Å². The van der Waals surface area contributed by atoms with Crippen LogP contribution in [0.2, 0.25) is 0 Å². The van der Waals surface area contributed by atoms with Crippen molar-refractivity contribution in [1.29, 1.82) is 0 Å². The van der Waals surface area contributed by atoms with Crippen LogP contribution in [0.1, 0.15) is 5.56 Å². The zero-order valence-electron chi connectivity index (χ0n) is 16.7. The predicted octanol–water partition coefficient (Wildman–Crippen LogP) is 3.64. The van der Waals surface area contributed by atoms with Gasteiger partial charge in [-0.2, -0.15) is 5.10 Å². The molecule has 2 N–H and O–H groups in total. The first-order valence-corrected chi connectivity index (χ1v) is 10.3. The zero-order valence-corrected chi connectivity index (χ0v) is 16.7. The average molecular weight is 400 g/mol. The van der Waals surface area contributed by atoms with Crippen molar-refractivity contribution in [1.82, 2.24) is 25.1 Å². The highest BCUT2D eigenvalue weighted by Gasteiger charge is 2.16. The molecule has 0 spiro atoms. The third kappa shape index (κ3) is 3.90. The Bertz CT molecular complexity index is 1120. The van der Waals surface area contributed by atoms with E-state index in [4.69, 9.17) is 4.74 Å². The second-order valence-corrected chi connectivity index (χ2v) is 7.37. The molecule has 1 aliphatic heterocycles. The fourth-order valence-electron chi connectivity index (χ4n) is 3.85. The van der Waals surface area contributed by atoms with E-state index in [0.29, 0.717) is 0 Å². The van der Waals surface area contributed by atoms with E-state index in [1.165, 1.54) is 5.56 Å². The van der Waals surface area contributed by atoms with Crippen molar-refractivity contribution < 1.29 is 4.74 Å². The van der Waals surface area contributed by atoms with Crippen molar-refractivity contribution in [3.8, 4) is 11.3 Å². The van der Waals surface area contributed by atoms with Gasteiger partial charge in [-0.25, -0.2) is 9.97 Å². The van der Waals surface area contributed by atoms with Crippen LogP contribution in [0.3, 0.4) is 0 Å². The van der Waals surface area contributed by atoms with E-state index in [-0.39, 0.29) is 0 Å². The highest BCUT2D eigenvalue weighted by atomic mass is 16.5. The maximum atomic E-state index is 5.46. The fraction of sp³-hybridized carbons (Fsp3) is 0.261. The molecule has 0 bridgehead atoms. The van der Waals surface area contributed by atoms with E-state index in [9.17, 15) is 0 Å². The smallest absolute Gasteiger partial charge is 0.161 e. The van der Waals surface area contributed by atoms with Crippen LogP contribution in [-0.4, -0.2) is 57.9 Å². The molecule has 0 unspecified atom stereocenters. The summed E-state index contributed by atoms with van der Waals surface area (Å²) in [5.41, 5.74) is 4.92. The molecule has 5 rings (SSSR count). The summed E-state index contributed by atoms with van der Waals surface area (Å²) in [5, 5.41) is 12.0. The highest BCUT2D eigenvalue weighted by molar-refractivity contribution is 5.99. The minimum Gasteiger partial charge on any atom is -0.379 e. The van der Waals surface area contributed by atoms with Gasteiger partial charge in [-0.05, 0) is 18.1 Å². The Labute approximate surface area is 175 Å². The number of morpholine rings is 1. The average Bonchev–Trinajstić information content (AvgIpc) is 3.25. The van der Waals surface area contributed by atoms with E-state index < -0.39 is 0 Å². The van der Waals surface area contributed by atoms with E-state index in [1.807, 2.05) is 36.4 Å². The van der Waals surface area contributed by atoms with Gasteiger partial charge >= 0.3 is 0 Å². The first-order chi connectivity index (χ1) is 14.9. The molecule has 30 heavy (non-hydrogen) atoms. The third-order valence-corrected chi connectivity index (χ3v) is 5.48. The monoisotopic (exact) mass is 400 g/mol. The number of aromatic nitrogens is 4. The molecule has 152 valence electrons. The molecule has 1 saturated heterocycles. The van der Waals surface area contributed by atoms with Gasteiger partial charge in [0.1, 0.15) is 17.8 Å². The van der Waals surface area contributed by atoms with E-state index in [0.717, 1.165) is 73.1 Å². The first-order valence-electron chi connectivity index (χ1n) is 10.3. The summed E-state index contributed by atoms with van der Waals surface area (Å²) in [6, 6.07) is 18.5. The van der Waals surface area contributed by atoms with E-state index in [1.54, 1.807) is 6.33 Å². The van der Waals surface area contributed by atoms with Gasteiger partial charge in [-0.15, -0.1) is 0 Å². The largest absolute Gasteiger partial charge is 0.379 e. The second-order valence-electron chi connectivity index (χ2n) is 7.37. The Morgan fingerprint density at radius 1 is 0.967 bits per heavy atom. The molecule has 0 saturated carbocycles. The molecule has 2 aromatic heterocycles. The van der Waals surface area contributed by atoms with Gasteiger partial charge in [0.05, 0.1) is 18.6 Å². The number of hydrogen-bond donors (Lipinski definition) is 2. The predicted molar refractivity (Wildman–Crippen MR) is 118 cm³/mol. The molecule has 2 aromatic carbocycles. The Hall–Kier alpha value is -3.29. The Morgan fingerprint density at radius 2 is 1.77 bits per heavy atom. The number of H-pyrrole nitrogens is 1. The van der Waals surface area contributed by atoms with Gasteiger partial charge in [-0.3, -0.25) is 10.00 Å². The summed E-state index contributed by atoms with van der Waals surface area (Å²) in [4.78, 5) is 11.4. The summed E-state index contributed by atoms with van der Waals surface area (Å²) >= 11 is 0. The van der Waals surface area contributed by atoms with Crippen LogP contribution in [0.4, 0.5) is 11.5 Å². The summed E-state index contributed by atoms with van der Waals surface area (Å²) in [5.74, 6) is 0.756. The lowest BCUT2D eigenvalue weighted by Crippen LogP contribution is -2.37. The van der Waals surface area contributed by atoms with Crippen LogP contribution in [0.15, 0.2) is 60.9 Å². The summed E-state index contributed by atoms with van der Waals surface area (Å²) in [6.07, 6.45) is 2.53. The van der Waals surface area contributed by atoms with Crippen LogP contribution in [0.25, 0.3) is 22.3 Å². The molecule has 7 heteroatoms. The summed E-state index contributed by atoms with van der Waals surface area (Å²) < 4.78 is 5.46. The number of anilines is 2. The summed E-state index contributed by atoms with van der Waals surface area (Å²) in [6.45, 7) is 4.65. The van der Waals surface area contributed by atoms with Crippen molar-refractivity contribution in [2.45, 2.75) is 6.42 Å². The highest BCUT2D eigenvalue weighted by Crippen LogP contribution is 2.32. The van der Waals surface area contributed by atoms with Gasteiger partial charge in [0.2, 0.25) is 0 Å². The van der Waals surface area contributed by atoms with Gasteiger partial charge in [0, 0.05) is 30.9 Å². The van der Waals surface area contributed by atoms with Gasteiger partial charge in [-0.1, -0.05) is 48.5 Å². The number of nitrogens with zero attached hydrogens (tertiary/aromatic N) is 4. The van der Waals surface area contributed by atoms with Crippen LogP contribution < -0.4 is 5.32 Å². The molecule has 4 aromatic rings. The summed E-state index contributed by atoms with van der Waals surface area (Å²) in [7, 11) is 0. The molecule has 0 atom stereocenters. The second kappa shape index (κ2) is 8.61. The molecule has 0 radical (unpaired) electrons. The Balaban J connectivity index is 1.44. The van der Waals surface area contributed by atoms with Crippen LogP contribution in [0, 0.1) is 0 Å². The number of fused-ring (bicyclic) bond motifs is 1. The number of ether oxygens (including phenoxy) is 1. The Morgan fingerprint density at radius 3 is 2.63 bits per heavy atom. The van der Waals surface area contributed by atoms with Gasteiger partial charge < -0.3 is 10.1 Å². The maximum absolute atomic E-state index is 5.46. The lowest BCUT2D eigenvalue weighted by Gasteiger charge is -2.26. The van der Waals surface area contributed by atoms with Crippen molar-refractivity contribution in [3.63, 3.8) is 0 Å². The van der Waals surface area contributed by atoms with Crippen LogP contribution in [0.5, 0.6) is 0 Å². The number of benzene rings is 2. The standard InChI is InChI=1S/C23H24N6O/c1-2-7-18(8-3-1)21-20-22(24-16-25-23(20)28-27-21)26-19-9-5-4-6-17(19)10-11-29-12-14-30-15-13-29/h1-9,16H,10-15H2,(H2,24,25,26,27,28). The molecular formula is C23H24N6O. The molecule has 0 amide bonds. The molecular weight excluding hydrogens is 376 g/mol. The Kier molecular flexibility index (Phi) is 5.37. The number of para-hydroxylation sites is 1. The molecule has 3 heterocycles. The van der Waals surface area contributed by atoms with Crippen LogP contribution in [-0.2, 0) is 11.2 Å². The molecule has 7 nitrogen and oxygen atoms in total. The maximum Gasteiger partial charge on any atom is 0.161 e. The zero-order chi connectivity index (χ0) is 20.2. The minimum absolute atomic E-state index is 0.720. The fourth-order valence-corrected chi connectivity index (χ4v) is 3.85. The normalized spacial score (nSPS) is 14.8. The quantitative estimate of drug-likeness (QED) is 0.514. The topological polar surface area (TPSA) is 79.0 Å². The number of hydrogen-bond acceptors (Lipinski definition) is 6. The van der Waals surface area contributed by atoms with Crippen molar-refractivity contribution >= 4 is 22.5 Å². The van der Waals surface area contributed by atoms with E-state index >= 15 is 0 Å². The SMILES string of the molecule is c1ccc(-c2n[nH]c3ncnc(Nc4ccccc4CCN4CCOCC4)c23)cc1. The number of aromatic amines is 1. The van der Waals surface area contributed by atoms with E-state index in [2.05, 4.69) is 48.6 Å². The molecule has 1 fully saturated rings. The number of nitrogens with one attached hydrogen (secondary N) is 2. The first kappa shape index (κ1) is 18.7. The lowest BCUT2D eigenvalue weighted by molar-refractivity contribution is 0.0384. The molecule has 0 aliphatic carbocycles. The van der Waals surface area contributed by atoms with Crippen LogP contribution >= 0.6 is 0 Å². The minimum atomic E-state index is 0.720. The van der Waals surface area contributed by atoms with Gasteiger partial charge in [0.25, 0.3) is 0 Å².